The van der Waals surface area contributed by atoms with Gasteiger partial charge >= 0.3 is 5.97 Å². The number of nitrogens with zero attached hydrogens (tertiary/aromatic N) is 1. The Hall–Kier alpha value is -1.65. The van der Waals surface area contributed by atoms with Crippen molar-refractivity contribution in [2.75, 3.05) is 0 Å². The highest BCUT2D eigenvalue weighted by atomic mass is 16.4. The number of carboxylic acid groups (broad SMARTS) is 1. The van der Waals surface area contributed by atoms with Gasteiger partial charge in [-0.15, -0.1) is 0 Å². The van der Waals surface area contributed by atoms with Crippen molar-refractivity contribution in [2.24, 2.45) is 61.8 Å². The predicted molar refractivity (Wildman–Crippen MR) is 136 cm³/mol. The topological polar surface area (TPSA) is 87.0 Å². The maximum atomic E-state index is 14.3. The third-order valence-corrected chi connectivity index (χ3v) is 13.1. The molecule has 5 aliphatic rings. The molecule has 0 aromatic heterocycles. The second-order valence-corrected chi connectivity index (χ2v) is 14.4. The summed E-state index contributed by atoms with van der Waals surface area (Å²) in [4.78, 5) is 27.1. The van der Waals surface area contributed by atoms with E-state index in [0.29, 0.717) is 12.3 Å². The number of hydrogen-bond donors (Lipinski definition) is 2. The van der Waals surface area contributed by atoms with Gasteiger partial charge < -0.3 is 10.3 Å². The molecule has 194 valence electrons. The van der Waals surface area contributed by atoms with Crippen molar-refractivity contribution < 1.29 is 19.9 Å². The lowest BCUT2D eigenvalue weighted by molar-refractivity contribution is -0.184. The molecule has 0 bridgehead atoms. The molecule has 0 saturated heterocycles. The van der Waals surface area contributed by atoms with Crippen LogP contribution in [0.4, 0.5) is 0 Å². The monoisotopic (exact) mass is 483 g/mol. The van der Waals surface area contributed by atoms with E-state index in [2.05, 4.69) is 53.6 Å². The molecule has 0 spiro atoms. The van der Waals surface area contributed by atoms with Crippen molar-refractivity contribution in [1.82, 2.24) is 0 Å². The maximum Gasteiger partial charge on any atom is 0.310 e. The lowest BCUT2D eigenvalue weighted by Crippen LogP contribution is -2.67. The van der Waals surface area contributed by atoms with Gasteiger partial charge in [-0.05, 0) is 97.4 Å². The minimum atomic E-state index is -0.735. The van der Waals surface area contributed by atoms with Gasteiger partial charge in [-0.3, -0.25) is 9.59 Å². The van der Waals surface area contributed by atoms with Gasteiger partial charge in [0, 0.05) is 11.3 Å². The minimum absolute atomic E-state index is 0.0642. The summed E-state index contributed by atoms with van der Waals surface area (Å²) in [6, 6.07) is 0. The number of oxime groups is 1. The van der Waals surface area contributed by atoms with Crippen LogP contribution in [-0.4, -0.2) is 27.8 Å². The molecule has 0 aromatic rings. The zero-order valence-electron chi connectivity index (χ0n) is 22.8. The zero-order valence-corrected chi connectivity index (χ0v) is 22.8. The van der Waals surface area contributed by atoms with E-state index in [1.165, 1.54) is 0 Å². The third kappa shape index (κ3) is 2.84. The normalized spacial score (nSPS) is 52.0. The van der Waals surface area contributed by atoms with Gasteiger partial charge in [0.25, 0.3) is 0 Å². The molecule has 35 heavy (non-hydrogen) atoms. The fourth-order valence-electron chi connectivity index (χ4n) is 10.7. The summed E-state index contributed by atoms with van der Waals surface area (Å²) in [5, 5.41) is 23.9. The first-order valence-corrected chi connectivity index (χ1v) is 13.9. The number of aliphatic carboxylic acids is 1. The summed E-state index contributed by atoms with van der Waals surface area (Å²) in [6.07, 6.45) is 8.73. The molecule has 4 fully saturated rings. The van der Waals surface area contributed by atoms with Crippen molar-refractivity contribution >= 4 is 17.5 Å². The van der Waals surface area contributed by atoms with E-state index in [1.54, 1.807) is 0 Å². The molecule has 5 rings (SSSR count). The minimum Gasteiger partial charge on any atom is -0.481 e. The van der Waals surface area contributed by atoms with Crippen LogP contribution < -0.4 is 0 Å². The number of fused-ring (bicyclic) bond motifs is 7. The van der Waals surface area contributed by atoms with E-state index in [9.17, 15) is 19.9 Å². The van der Waals surface area contributed by atoms with Crippen molar-refractivity contribution in [3.05, 3.63) is 11.6 Å². The van der Waals surface area contributed by atoms with Crippen molar-refractivity contribution in [3.8, 4) is 0 Å². The second-order valence-electron chi connectivity index (χ2n) is 14.4. The number of rotatable bonds is 1. The van der Waals surface area contributed by atoms with Gasteiger partial charge in [0.05, 0.1) is 11.1 Å². The summed E-state index contributed by atoms with van der Waals surface area (Å²) in [5.41, 5.74) is 0.498. The third-order valence-electron chi connectivity index (χ3n) is 13.1. The van der Waals surface area contributed by atoms with Gasteiger partial charge in [-0.25, -0.2) is 0 Å². The van der Waals surface area contributed by atoms with Crippen LogP contribution in [0.15, 0.2) is 16.8 Å². The molecule has 0 heterocycles. The Morgan fingerprint density at radius 1 is 1.00 bits per heavy atom. The Morgan fingerprint density at radius 2 is 1.69 bits per heavy atom. The molecule has 5 aliphatic carbocycles. The highest BCUT2D eigenvalue weighted by Gasteiger charge is 2.71. The quantitative estimate of drug-likeness (QED) is 0.319. The first-order valence-electron chi connectivity index (χ1n) is 13.9. The van der Waals surface area contributed by atoms with Crippen LogP contribution in [0.3, 0.4) is 0 Å². The molecule has 9 atom stereocenters. The summed E-state index contributed by atoms with van der Waals surface area (Å²) >= 11 is 0. The number of ketones is 1. The highest BCUT2D eigenvalue weighted by molar-refractivity contribution is 5.97. The van der Waals surface area contributed by atoms with Crippen molar-refractivity contribution in [1.29, 1.82) is 0 Å². The lowest BCUT2D eigenvalue weighted by atomic mass is 9.33. The molecule has 4 saturated carbocycles. The number of hydrogen-bond acceptors (Lipinski definition) is 4. The Morgan fingerprint density at radius 3 is 2.31 bits per heavy atom. The average molecular weight is 484 g/mol. The number of carbonyl (C=O) groups excluding carboxylic acids is 1. The summed E-state index contributed by atoms with van der Waals surface area (Å²) < 4.78 is 0. The molecular formula is C30H45NO4. The summed E-state index contributed by atoms with van der Waals surface area (Å²) in [7, 11) is 0. The van der Waals surface area contributed by atoms with E-state index < -0.39 is 11.4 Å². The maximum absolute atomic E-state index is 14.3. The van der Waals surface area contributed by atoms with Crippen molar-refractivity contribution in [2.45, 2.75) is 99.8 Å². The van der Waals surface area contributed by atoms with Crippen LogP contribution in [0.2, 0.25) is 0 Å². The molecule has 0 aliphatic heterocycles. The summed E-state index contributed by atoms with van der Waals surface area (Å²) in [6.45, 7) is 15.9. The van der Waals surface area contributed by atoms with E-state index in [4.69, 9.17) is 0 Å². The Bertz CT molecular complexity index is 1030. The van der Waals surface area contributed by atoms with Crippen LogP contribution in [-0.2, 0) is 9.59 Å². The second kappa shape index (κ2) is 7.44. The van der Waals surface area contributed by atoms with E-state index in [-0.39, 0.29) is 51.1 Å². The molecular weight excluding hydrogens is 438 g/mol. The van der Waals surface area contributed by atoms with Crippen LogP contribution in [0.5, 0.6) is 0 Å². The first kappa shape index (κ1) is 25.0. The first-order chi connectivity index (χ1) is 16.2. The predicted octanol–water partition coefficient (Wildman–Crippen LogP) is 6.74. The highest BCUT2D eigenvalue weighted by Crippen LogP contribution is 2.75. The SMILES string of the molecule is C[C@H]1[C@H](C)CC[C@]2(C(=O)O)CC[C@]3(C)C(=CC(=O)[C@@H]4[C@@]5(C)CC/C(=N\O)C(C)(C)[C@@H]5CC[C@]43C)[C@H]12. The molecule has 0 radical (unpaired) electrons. The largest absolute Gasteiger partial charge is 0.481 e. The number of carboxylic acids is 1. The fraction of sp³-hybridized carbons (Fsp3) is 0.833. The number of allylic oxidation sites excluding steroid dienone is 2. The number of carbonyl (C=O) groups is 2. The van der Waals surface area contributed by atoms with E-state index >= 15 is 0 Å². The van der Waals surface area contributed by atoms with E-state index in [0.717, 1.165) is 56.2 Å². The van der Waals surface area contributed by atoms with Crippen LogP contribution in [0.1, 0.15) is 99.8 Å². The summed E-state index contributed by atoms with van der Waals surface area (Å²) in [5.74, 6) is 0.401. The lowest BCUT2D eigenvalue weighted by Gasteiger charge is -2.70. The molecule has 0 unspecified atom stereocenters. The van der Waals surface area contributed by atoms with Gasteiger partial charge in [0.1, 0.15) is 0 Å². The fourth-order valence-corrected chi connectivity index (χ4v) is 10.7. The zero-order chi connectivity index (χ0) is 25.8. The average Bonchev–Trinajstić information content (AvgIpc) is 2.76. The van der Waals surface area contributed by atoms with Gasteiger partial charge in [0.2, 0.25) is 0 Å². The molecule has 5 heteroatoms. The van der Waals surface area contributed by atoms with Crippen LogP contribution in [0, 0.1) is 56.7 Å². The van der Waals surface area contributed by atoms with Gasteiger partial charge in [-0.1, -0.05) is 59.2 Å². The van der Waals surface area contributed by atoms with E-state index in [1.807, 2.05) is 6.08 Å². The van der Waals surface area contributed by atoms with Gasteiger partial charge in [-0.2, -0.15) is 0 Å². The standard InChI is InChI=1S/C30H45NO4/c1-17-8-13-30(25(33)34)15-14-28(6)19(23(30)18(17)2)16-20(32)24-27(5)11-10-22(31-35)26(3,4)21(27)9-12-29(24,28)7/h16-18,21,23-24,35H,8-15H2,1-7H3,(H,33,34)/b31-22+/t17-,18+,21+,23+,24-,27+,28-,29-,30+/m1/s1. The Balaban J connectivity index is 1.66. The van der Waals surface area contributed by atoms with Crippen LogP contribution >= 0.6 is 0 Å². The molecule has 0 amide bonds. The van der Waals surface area contributed by atoms with Gasteiger partial charge in [0.15, 0.2) is 5.78 Å². The van der Waals surface area contributed by atoms with Crippen LogP contribution in [0.25, 0.3) is 0 Å². The molecule has 2 N–H and O–H groups in total. The Labute approximate surface area is 210 Å². The molecule has 5 nitrogen and oxygen atoms in total. The molecule has 0 aromatic carbocycles. The Kier molecular flexibility index (Phi) is 5.32. The smallest absolute Gasteiger partial charge is 0.310 e. The van der Waals surface area contributed by atoms with Crippen molar-refractivity contribution in [3.63, 3.8) is 0 Å².